The zero-order valence-electron chi connectivity index (χ0n) is 15.4. The van der Waals surface area contributed by atoms with E-state index >= 15 is 0 Å². The Balaban J connectivity index is 1.90. The highest BCUT2D eigenvalue weighted by atomic mass is 19.4. The number of anilines is 2. The van der Waals surface area contributed by atoms with Crippen LogP contribution in [0.5, 0.6) is 0 Å². The number of alkyl halides is 3. The van der Waals surface area contributed by atoms with E-state index in [0.29, 0.717) is 27.9 Å². The van der Waals surface area contributed by atoms with Crippen LogP contribution in [0.3, 0.4) is 0 Å². The normalized spacial score (nSPS) is 11.2. The van der Waals surface area contributed by atoms with Crippen LogP contribution < -0.4 is 11.1 Å². The minimum absolute atomic E-state index is 0.187. The second kappa shape index (κ2) is 7.79. The Morgan fingerprint density at radius 2 is 1.55 bits per heavy atom. The maximum Gasteiger partial charge on any atom is 0.416 e. The standard InChI is InChI=1S/C22H17F3N2O2/c1-13(28)17-11-10-16(12-20(17)26)27-21(29)19-5-3-2-4-18(19)14-6-8-15(9-7-14)22(23,24)25/h2-12H,26H2,1H3,(H,27,29). The van der Waals surface area contributed by atoms with E-state index < -0.39 is 17.6 Å². The molecular weight excluding hydrogens is 381 g/mol. The molecule has 3 aromatic carbocycles. The number of carbonyl (C=O) groups is 2. The Labute approximate surface area is 165 Å². The molecule has 0 aliphatic heterocycles. The average Bonchev–Trinajstić information content (AvgIpc) is 2.67. The average molecular weight is 398 g/mol. The van der Waals surface area contributed by atoms with Gasteiger partial charge in [0.05, 0.1) is 5.56 Å². The monoisotopic (exact) mass is 398 g/mol. The van der Waals surface area contributed by atoms with Crippen molar-refractivity contribution in [3.05, 3.63) is 83.4 Å². The lowest BCUT2D eigenvalue weighted by atomic mass is 9.98. The Morgan fingerprint density at radius 3 is 2.14 bits per heavy atom. The predicted octanol–water partition coefficient (Wildman–Crippen LogP) is 5.41. The molecule has 0 saturated carbocycles. The molecule has 0 radical (unpaired) electrons. The Bertz CT molecular complexity index is 1070. The van der Waals surface area contributed by atoms with Gasteiger partial charge in [0.2, 0.25) is 0 Å². The fourth-order valence-corrected chi connectivity index (χ4v) is 2.93. The van der Waals surface area contributed by atoms with E-state index in [1.54, 1.807) is 30.3 Å². The molecule has 3 rings (SSSR count). The predicted molar refractivity (Wildman–Crippen MR) is 106 cm³/mol. The summed E-state index contributed by atoms with van der Waals surface area (Å²) in [4.78, 5) is 24.2. The molecule has 7 heteroatoms. The van der Waals surface area contributed by atoms with Gasteiger partial charge in [0.15, 0.2) is 5.78 Å². The minimum atomic E-state index is -4.43. The summed E-state index contributed by atoms with van der Waals surface area (Å²) in [6.45, 7) is 1.39. The summed E-state index contributed by atoms with van der Waals surface area (Å²) in [5, 5.41) is 2.70. The first-order chi connectivity index (χ1) is 13.7. The van der Waals surface area contributed by atoms with Crippen molar-refractivity contribution >= 4 is 23.1 Å². The summed E-state index contributed by atoms with van der Waals surface area (Å²) in [6.07, 6.45) is -4.43. The Kier molecular flexibility index (Phi) is 5.41. The van der Waals surface area contributed by atoms with Crippen molar-refractivity contribution in [3.8, 4) is 11.1 Å². The van der Waals surface area contributed by atoms with E-state index in [9.17, 15) is 22.8 Å². The number of hydrogen-bond acceptors (Lipinski definition) is 3. The minimum Gasteiger partial charge on any atom is -0.398 e. The number of carbonyl (C=O) groups excluding carboxylic acids is 2. The number of ketones is 1. The smallest absolute Gasteiger partial charge is 0.398 e. The summed E-state index contributed by atoms with van der Waals surface area (Å²) in [5.41, 5.74) is 7.35. The second-order valence-electron chi connectivity index (χ2n) is 6.43. The van der Waals surface area contributed by atoms with Gasteiger partial charge in [-0.05, 0) is 54.4 Å². The van der Waals surface area contributed by atoms with Crippen LogP contribution in [0.2, 0.25) is 0 Å². The largest absolute Gasteiger partial charge is 0.416 e. The van der Waals surface area contributed by atoms with Gasteiger partial charge in [0, 0.05) is 22.5 Å². The molecule has 3 N–H and O–H groups in total. The van der Waals surface area contributed by atoms with Crippen LogP contribution in [0.15, 0.2) is 66.7 Å². The van der Waals surface area contributed by atoms with E-state index in [4.69, 9.17) is 5.73 Å². The first-order valence-corrected chi connectivity index (χ1v) is 8.65. The third-order valence-corrected chi connectivity index (χ3v) is 4.38. The zero-order valence-corrected chi connectivity index (χ0v) is 15.4. The van der Waals surface area contributed by atoms with E-state index in [1.807, 2.05) is 0 Å². The van der Waals surface area contributed by atoms with Crippen LogP contribution >= 0.6 is 0 Å². The summed E-state index contributed by atoms with van der Waals surface area (Å²) in [5.74, 6) is -0.636. The number of nitrogens with one attached hydrogen (secondary N) is 1. The van der Waals surface area contributed by atoms with Gasteiger partial charge in [-0.2, -0.15) is 13.2 Å². The van der Waals surface area contributed by atoms with Crippen molar-refractivity contribution in [2.75, 3.05) is 11.1 Å². The fraction of sp³-hybridized carbons (Fsp3) is 0.0909. The molecule has 1 amide bonds. The Morgan fingerprint density at radius 1 is 0.897 bits per heavy atom. The zero-order chi connectivity index (χ0) is 21.2. The third kappa shape index (κ3) is 4.45. The maximum absolute atomic E-state index is 12.8. The van der Waals surface area contributed by atoms with Gasteiger partial charge in [-0.25, -0.2) is 0 Å². The van der Waals surface area contributed by atoms with Crippen LogP contribution in [0.1, 0.15) is 33.2 Å². The van der Waals surface area contributed by atoms with Crippen LogP contribution in [0.4, 0.5) is 24.5 Å². The number of halogens is 3. The van der Waals surface area contributed by atoms with Crippen LogP contribution in [-0.4, -0.2) is 11.7 Å². The lowest BCUT2D eigenvalue weighted by molar-refractivity contribution is -0.137. The van der Waals surface area contributed by atoms with Gasteiger partial charge in [0.1, 0.15) is 0 Å². The van der Waals surface area contributed by atoms with E-state index in [2.05, 4.69) is 5.32 Å². The topological polar surface area (TPSA) is 72.2 Å². The van der Waals surface area contributed by atoms with Gasteiger partial charge in [0.25, 0.3) is 5.91 Å². The molecule has 0 aliphatic carbocycles. The third-order valence-electron chi connectivity index (χ3n) is 4.38. The van der Waals surface area contributed by atoms with Crippen molar-refractivity contribution in [1.82, 2.24) is 0 Å². The van der Waals surface area contributed by atoms with Crippen molar-refractivity contribution in [2.24, 2.45) is 0 Å². The molecule has 148 valence electrons. The number of Topliss-reactive ketones (excluding diaryl/α,β-unsaturated/α-hetero) is 1. The number of rotatable bonds is 4. The number of amides is 1. The van der Waals surface area contributed by atoms with E-state index in [-0.39, 0.29) is 11.5 Å². The summed E-state index contributed by atoms with van der Waals surface area (Å²) >= 11 is 0. The lowest BCUT2D eigenvalue weighted by Crippen LogP contribution is -2.14. The number of nitrogens with two attached hydrogens (primary N) is 1. The lowest BCUT2D eigenvalue weighted by Gasteiger charge is -2.13. The molecule has 29 heavy (non-hydrogen) atoms. The highest BCUT2D eigenvalue weighted by molar-refractivity contribution is 6.09. The van der Waals surface area contributed by atoms with Crippen molar-refractivity contribution in [1.29, 1.82) is 0 Å². The van der Waals surface area contributed by atoms with Crippen LogP contribution in [0.25, 0.3) is 11.1 Å². The molecule has 4 nitrogen and oxygen atoms in total. The molecule has 0 fully saturated rings. The summed E-state index contributed by atoms with van der Waals surface area (Å²) in [7, 11) is 0. The van der Waals surface area contributed by atoms with Gasteiger partial charge < -0.3 is 11.1 Å². The van der Waals surface area contributed by atoms with Crippen molar-refractivity contribution < 1.29 is 22.8 Å². The molecule has 0 aromatic heterocycles. The van der Waals surface area contributed by atoms with Gasteiger partial charge in [-0.15, -0.1) is 0 Å². The first-order valence-electron chi connectivity index (χ1n) is 8.65. The highest BCUT2D eigenvalue weighted by Crippen LogP contribution is 2.32. The SMILES string of the molecule is CC(=O)c1ccc(NC(=O)c2ccccc2-c2ccc(C(F)(F)F)cc2)cc1N. The van der Waals surface area contributed by atoms with Gasteiger partial charge >= 0.3 is 6.18 Å². The molecule has 0 saturated heterocycles. The Hall–Kier alpha value is -3.61. The molecular formula is C22H17F3N2O2. The number of nitrogen functional groups attached to an aromatic ring is 1. The van der Waals surface area contributed by atoms with Gasteiger partial charge in [-0.3, -0.25) is 9.59 Å². The molecule has 0 aliphatic rings. The van der Waals surface area contributed by atoms with E-state index in [0.717, 1.165) is 12.1 Å². The number of benzene rings is 3. The molecule has 3 aromatic rings. The maximum atomic E-state index is 12.8. The number of hydrogen-bond donors (Lipinski definition) is 2. The fourth-order valence-electron chi connectivity index (χ4n) is 2.93. The highest BCUT2D eigenvalue weighted by Gasteiger charge is 2.30. The van der Waals surface area contributed by atoms with Gasteiger partial charge in [-0.1, -0.05) is 30.3 Å². The molecule has 0 spiro atoms. The van der Waals surface area contributed by atoms with Crippen molar-refractivity contribution in [2.45, 2.75) is 13.1 Å². The summed E-state index contributed by atoms with van der Waals surface area (Å²) in [6, 6.07) is 15.8. The van der Waals surface area contributed by atoms with E-state index in [1.165, 1.54) is 31.2 Å². The second-order valence-corrected chi connectivity index (χ2v) is 6.43. The molecule has 0 bridgehead atoms. The first kappa shape index (κ1) is 20.1. The van der Waals surface area contributed by atoms with Crippen LogP contribution in [0, 0.1) is 0 Å². The molecule has 0 atom stereocenters. The van der Waals surface area contributed by atoms with Crippen molar-refractivity contribution in [3.63, 3.8) is 0 Å². The quantitative estimate of drug-likeness (QED) is 0.456. The molecule has 0 heterocycles. The summed E-state index contributed by atoms with van der Waals surface area (Å²) < 4.78 is 38.4. The van der Waals surface area contributed by atoms with Crippen LogP contribution in [-0.2, 0) is 6.18 Å². The molecule has 0 unspecified atom stereocenters.